The van der Waals surface area contributed by atoms with E-state index in [1.54, 1.807) is 12.1 Å². The maximum absolute atomic E-state index is 13.7. The van der Waals surface area contributed by atoms with Crippen LogP contribution < -0.4 is 5.32 Å². The molecule has 1 aliphatic heterocycles. The van der Waals surface area contributed by atoms with E-state index in [0.717, 1.165) is 31.0 Å². The number of nitrogens with one attached hydrogen (secondary N) is 1. The van der Waals surface area contributed by atoms with Crippen LogP contribution in [0.5, 0.6) is 0 Å². The van der Waals surface area contributed by atoms with Crippen molar-refractivity contribution in [3.63, 3.8) is 0 Å². The van der Waals surface area contributed by atoms with E-state index < -0.39 is 23.5 Å². The lowest BCUT2D eigenvalue weighted by atomic mass is 9.93. The van der Waals surface area contributed by atoms with Crippen molar-refractivity contribution in [2.24, 2.45) is 0 Å². The Morgan fingerprint density at radius 1 is 1.13 bits per heavy atom. The number of anilines is 1. The van der Waals surface area contributed by atoms with Gasteiger partial charge in [-0.15, -0.1) is 0 Å². The van der Waals surface area contributed by atoms with Gasteiger partial charge in [0.05, 0.1) is 5.69 Å². The van der Waals surface area contributed by atoms with Crippen molar-refractivity contribution in [2.45, 2.75) is 44.8 Å². The molecule has 23 heavy (non-hydrogen) atoms. The van der Waals surface area contributed by atoms with Gasteiger partial charge in [-0.1, -0.05) is 12.5 Å². The van der Waals surface area contributed by atoms with Gasteiger partial charge in [0.2, 0.25) is 0 Å². The summed E-state index contributed by atoms with van der Waals surface area (Å²) >= 11 is 0. The zero-order chi connectivity index (χ0) is 16.4. The topological polar surface area (TPSA) is 64.6 Å². The first kappa shape index (κ1) is 15.5. The van der Waals surface area contributed by atoms with Crippen LogP contribution in [0.1, 0.15) is 37.7 Å². The third-order valence-corrected chi connectivity index (χ3v) is 4.11. The van der Waals surface area contributed by atoms with Gasteiger partial charge < -0.3 is 14.8 Å². The molecule has 1 aromatic carbocycles. The summed E-state index contributed by atoms with van der Waals surface area (Å²) in [5.41, 5.74) is 0.764. The second-order valence-corrected chi connectivity index (χ2v) is 5.94. The molecule has 1 N–H and O–H groups in total. The molecule has 122 valence electrons. The lowest BCUT2D eigenvalue weighted by Crippen LogP contribution is -2.47. The highest BCUT2D eigenvalue weighted by molar-refractivity contribution is 6.15. The maximum atomic E-state index is 13.7. The van der Waals surface area contributed by atoms with E-state index in [9.17, 15) is 14.0 Å². The van der Waals surface area contributed by atoms with E-state index in [1.807, 2.05) is 6.92 Å². The molecule has 2 aliphatic rings. The van der Waals surface area contributed by atoms with Crippen LogP contribution in [0.4, 0.5) is 10.1 Å². The molecule has 1 aliphatic carbocycles. The van der Waals surface area contributed by atoms with Gasteiger partial charge in [0.25, 0.3) is 5.79 Å². The van der Waals surface area contributed by atoms with Gasteiger partial charge in [-0.05, 0) is 37.5 Å². The summed E-state index contributed by atoms with van der Waals surface area (Å²) in [4.78, 5) is 24.3. The van der Waals surface area contributed by atoms with Crippen molar-refractivity contribution in [3.05, 3.63) is 41.4 Å². The van der Waals surface area contributed by atoms with Crippen LogP contribution in [0, 0.1) is 12.7 Å². The Morgan fingerprint density at radius 2 is 1.78 bits per heavy atom. The van der Waals surface area contributed by atoms with Crippen LogP contribution >= 0.6 is 0 Å². The molecule has 2 fully saturated rings. The molecule has 0 bridgehead atoms. The third kappa shape index (κ3) is 3.21. The number of carbonyl (C=O) groups is 2. The fraction of sp³-hybridized carbons (Fsp3) is 0.412. The monoisotopic (exact) mass is 319 g/mol. The van der Waals surface area contributed by atoms with Crippen LogP contribution in [0.3, 0.4) is 0 Å². The SMILES string of the molecule is Cc1ccc(F)c(NC=C2C(=O)OC3(CCCCC3)OC2=O)c1. The summed E-state index contributed by atoms with van der Waals surface area (Å²) in [5, 5.41) is 2.64. The first-order chi connectivity index (χ1) is 11.0. The smallest absolute Gasteiger partial charge is 0.350 e. The fourth-order valence-corrected chi connectivity index (χ4v) is 2.86. The lowest BCUT2D eigenvalue weighted by Gasteiger charge is -2.38. The van der Waals surface area contributed by atoms with Crippen LogP contribution in [-0.2, 0) is 19.1 Å². The Kier molecular flexibility index (Phi) is 4.07. The molecule has 0 aromatic heterocycles. The van der Waals surface area contributed by atoms with Gasteiger partial charge in [-0.25, -0.2) is 14.0 Å². The van der Waals surface area contributed by atoms with Crippen LogP contribution in [0.25, 0.3) is 0 Å². The van der Waals surface area contributed by atoms with E-state index in [1.165, 1.54) is 6.07 Å². The zero-order valence-corrected chi connectivity index (χ0v) is 12.9. The summed E-state index contributed by atoms with van der Waals surface area (Å²) in [5.74, 6) is -3.06. The minimum atomic E-state index is -1.11. The molecule has 0 radical (unpaired) electrons. The minimum Gasteiger partial charge on any atom is -0.419 e. The van der Waals surface area contributed by atoms with E-state index in [0.29, 0.717) is 12.8 Å². The third-order valence-electron chi connectivity index (χ3n) is 4.11. The highest BCUT2D eigenvalue weighted by Crippen LogP contribution is 2.37. The standard InChI is InChI=1S/C17H18FNO4/c1-11-5-6-13(18)14(9-11)19-10-12-15(20)22-17(23-16(12)21)7-3-2-4-8-17/h5-6,9-10,19H,2-4,7-8H2,1H3. The zero-order valence-electron chi connectivity index (χ0n) is 12.9. The normalized spacial score (nSPS) is 20.0. The number of esters is 2. The average molecular weight is 319 g/mol. The van der Waals surface area contributed by atoms with Crippen LogP contribution in [0.2, 0.25) is 0 Å². The van der Waals surface area contributed by atoms with Gasteiger partial charge in [0.15, 0.2) is 5.57 Å². The minimum absolute atomic E-state index is 0.177. The van der Waals surface area contributed by atoms with Gasteiger partial charge in [0.1, 0.15) is 5.82 Å². The second kappa shape index (κ2) is 6.02. The maximum Gasteiger partial charge on any atom is 0.350 e. The van der Waals surface area contributed by atoms with Crippen molar-refractivity contribution >= 4 is 17.6 Å². The predicted molar refractivity (Wildman–Crippen MR) is 80.8 cm³/mol. The van der Waals surface area contributed by atoms with E-state index in [4.69, 9.17) is 9.47 Å². The Balaban J connectivity index is 1.77. The number of carbonyl (C=O) groups excluding carboxylic acids is 2. The van der Waals surface area contributed by atoms with Crippen LogP contribution in [-0.4, -0.2) is 17.7 Å². The van der Waals surface area contributed by atoms with Crippen molar-refractivity contribution in [2.75, 3.05) is 5.32 Å². The molecule has 1 aromatic rings. The van der Waals surface area contributed by atoms with Crippen molar-refractivity contribution < 1.29 is 23.5 Å². The van der Waals surface area contributed by atoms with Crippen LogP contribution in [0.15, 0.2) is 30.0 Å². The summed E-state index contributed by atoms with van der Waals surface area (Å²) < 4.78 is 24.4. The molecule has 6 heteroatoms. The van der Waals surface area contributed by atoms with Gasteiger partial charge >= 0.3 is 11.9 Å². The number of halogens is 1. The number of hydrogen-bond donors (Lipinski definition) is 1. The lowest BCUT2D eigenvalue weighted by molar-refractivity contribution is -0.244. The van der Waals surface area contributed by atoms with Crippen molar-refractivity contribution in [3.8, 4) is 0 Å². The molecule has 0 atom stereocenters. The van der Waals surface area contributed by atoms with Gasteiger partial charge in [0, 0.05) is 19.0 Å². The summed E-state index contributed by atoms with van der Waals surface area (Å²) in [6.07, 6.45) is 4.93. The quantitative estimate of drug-likeness (QED) is 0.515. The number of ether oxygens (including phenoxy) is 2. The fourth-order valence-electron chi connectivity index (χ4n) is 2.86. The summed E-state index contributed by atoms with van der Waals surface area (Å²) in [6.45, 7) is 1.81. The first-order valence-electron chi connectivity index (χ1n) is 7.69. The highest BCUT2D eigenvalue weighted by atomic mass is 19.1. The molecule has 3 rings (SSSR count). The van der Waals surface area contributed by atoms with E-state index in [2.05, 4.69) is 5.32 Å². The molecule has 5 nitrogen and oxygen atoms in total. The second-order valence-electron chi connectivity index (χ2n) is 5.94. The Labute approximate surface area is 133 Å². The Hall–Kier alpha value is -2.37. The van der Waals surface area contributed by atoms with E-state index >= 15 is 0 Å². The van der Waals surface area contributed by atoms with Gasteiger partial charge in [-0.3, -0.25) is 0 Å². The molecular formula is C17H18FNO4. The highest BCUT2D eigenvalue weighted by Gasteiger charge is 2.46. The number of benzene rings is 1. The molecule has 1 saturated carbocycles. The van der Waals surface area contributed by atoms with Crippen molar-refractivity contribution in [1.82, 2.24) is 0 Å². The molecule has 0 amide bonds. The molecule has 0 unspecified atom stereocenters. The molecule has 1 spiro atoms. The first-order valence-corrected chi connectivity index (χ1v) is 7.69. The Bertz CT molecular complexity index is 655. The largest absolute Gasteiger partial charge is 0.419 e. The molecule has 1 saturated heterocycles. The van der Waals surface area contributed by atoms with Crippen molar-refractivity contribution in [1.29, 1.82) is 0 Å². The molecular weight excluding hydrogens is 301 g/mol. The molecule has 1 heterocycles. The summed E-state index contributed by atoms with van der Waals surface area (Å²) in [6, 6.07) is 4.52. The number of hydrogen-bond acceptors (Lipinski definition) is 5. The van der Waals surface area contributed by atoms with E-state index in [-0.39, 0.29) is 11.3 Å². The predicted octanol–water partition coefficient (Wildman–Crippen LogP) is 3.19. The Morgan fingerprint density at radius 3 is 2.43 bits per heavy atom. The average Bonchev–Trinajstić information content (AvgIpc) is 2.50. The summed E-state index contributed by atoms with van der Waals surface area (Å²) in [7, 11) is 0. The number of rotatable bonds is 2. The number of aryl methyl sites for hydroxylation is 1. The van der Waals surface area contributed by atoms with Gasteiger partial charge in [-0.2, -0.15) is 0 Å².